The molecule has 1 aromatic heterocycles. The van der Waals surface area contributed by atoms with Gasteiger partial charge in [0, 0.05) is 27.5 Å². The average molecular weight is 337 g/mol. The topological polar surface area (TPSA) is 41.1 Å². The van der Waals surface area contributed by atoms with Crippen LogP contribution < -0.4 is 10.6 Å². The van der Waals surface area contributed by atoms with Crippen molar-refractivity contribution in [3.05, 3.63) is 51.2 Å². The molecule has 0 atom stereocenters. The summed E-state index contributed by atoms with van der Waals surface area (Å²) in [5.74, 6) is 0.0296. The van der Waals surface area contributed by atoms with Crippen LogP contribution in [0.15, 0.2) is 30.3 Å². The number of halogens is 1. The first kappa shape index (κ1) is 16.8. The molecule has 3 nitrogen and oxygen atoms in total. The summed E-state index contributed by atoms with van der Waals surface area (Å²) in [5, 5.41) is 6.41. The van der Waals surface area contributed by atoms with Gasteiger partial charge in [-0.15, -0.1) is 23.7 Å². The number of hydrogen-bond donors (Lipinski definition) is 2. The molecule has 3 rings (SSSR count). The highest BCUT2D eigenvalue weighted by molar-refractivity contribution is 7.11. The van der Waals surface area contributed by atoms with Crippen LogP contribution in [0.2, 0.25) is 0 Å². The lowest BCUT2D eigenvalue weighted by molar-refractivity contribution is 0.0950. The summed E-state index contributed by atoms with van der Waals surface area (Å²) < 4.78 is 0. The summed E-state index contributed by atoms with van der Waals surface area (Å²) in [6.07, 6.45) is 3.11. The number of fused-ring (bicyclic) bond motifs is 1. The molecular formula is C17H21ClN2OS. The molecular weight excluding hydrogens is 316 g/mol. The molecule has 118 valence electrons. The lowest BCUT2D eigenvalue weighted by Gasteiger charge is -2.20. The molecule has 0 saturated heterocycles. The Balaban J connectivity index is 0.00000176. The number of carbonyl (C=O) groups excluding carboxylic acids is 1. The summed E-state index contributed by atoms with van der Waals surface area (Å²) in [4.78, 5) is 15.0. The highest BCUT2D eigenvalue weighted by atomic mass is 35.5. The largest absolute Gasteiger partial charge is 0.385 e. The zero-order valence-corrected chi connectivity index (χ0v) is 14.3. The van der Waals surface area contributed by atoms with Gasteiger partial charge in [0.25, 0.3) is 5.91 Å². The summed E-state index contributed by atoms with van der Waals surface area (Å²) in [6, 6.07) is 10.2. The van der Waals surface area contributed by atoms with Gasteiger partial charge < -0.3 is 10.6 Å². The van der Waals surface area contributed by atoms with Gasteiger partial charge in [-0.25, -0.2) is 0 Å². The van der Waals surface area contributed by atoms with E-state index in [9.17, 15) is 4.79 Å². The molecule has 2 aromatic rings. The first-order valence-electron chi connectivity index (χ1n) is 7.49. The van der Waals surface area contributed by atoms with E-state index in [2.05, 4.69) is 35.8 Å². The van der Waals surface area contributed by atoms with Gasteiger partial charge in [0.15, 0.2) is 0 Å². The van der Waals surface area contributed by atoms with Crippen LogP contribution >= 0.6 is 23.7 Å². The highest BCUT2D eigenvalue weighted by Crippen LogP contribution is 2.25. The number of nitrogens with one attached hydrogen (secondary N) is 2. The molecule has 2 heterocycles. The number of hydrogen-bond acceptors (Lipinski definition) is 3. The monoisotopic (exact) mass is 336 g/mol. The third-order valence-corrected chi connectivity index (χ3v) is 5.06. The van der Waals surface area contributed by atoms with Crippen LogP contribution in [0.5, 0.6) is 0 Å². The van der Waals surface area contributed by atoms with Gasteiger partial charge in [-0.3, -0.25) is 4.79 Å². The fourth-order valence-corrected chi connectivity index (χ4v) is 3.59. The van der Waals surface area contributed by atoms with Crippen molar-refractivity contribution in [1.82, 2.24) is 5.32 Å². The molecule has 22 heavy (non-hydrogen) atoms. The van der Waals surface area contributed by atoms with Crippen LogP contribution in [0.3, 0.4) is 0 Å². The second-order valence-corrected chi connectivity index (χ2v) is 6.52. The van der Waals surface area contributed by atoms with E-state index in [1.807, 2.05) is 12.1 Å². The number of thiophene rings is 1. The number of carbonyl (C=O) groups is 1. The molecule has 1 aliphatic heterocycles. The Labute approximate surface area is 141 Å². The molecule has 2 N–H and O–H groups in total. The predicted octanol–water partition coefficient (Wildman–Crippen LogP) is 4.02. The van der Waals surface area contributed by atoms with E-state index in [0.717, 1.165) is 42.6 Å². The van der Waals surface area contributed by atoms with Crippen molar-refractivity contribution in [3.63, 3.8) is 0 Å². The third-order valence-electron chi connectivity index (χ3n) is 3.83. The molecule has 0 unspecified atom stereocenters. The van der Waals surface area contributed by atoms with E-state index >= 15 is 0 Å². The van der Waals surface area contributed by atoms with Crippen LogP contribution in [0, 0.1) is 0 Å². The lowest BCUT2D eigenvalue weighted by atomic mass is 9.97. The number of benzene rings is 1. The Morgan fingerprint density at radius 2 is 2.09 bits per heavy atom. The van der Waals surface area contributed by atoms with Crippen molar-refractivity contribution in [2.75, 3.05) is 11.9 Å². The van der Waals surface area contributed by atoms with E-state index in [1.165, 1.54) is 9.75 Å². The van der Waals surface area contributed by atoms with Gasteiger partial charge in [-0.05, 0) is 49.1 Å². The van der Waals surface area contributed by atoms with Gasteiger partial charge in [0.1, 0.15) is 0 Å². The van der Waals surface area contributed by atoms with E-state index in [1.54, 1.807) is 11.3 Å². The third kappa shape index (κ3) is 3.62. The van der Waals surface area contributed by atoms with E-state index in [0.29, 0.717) is 6.54 Å². The summed E-state index contributed by atoms with van der Waals surface area (Å²) >= 11 is 1.77. The van der Waals surface area contributed by atoms with Gasteiger partial charge in [0.05, 0.1) is 6.54 Å². The van der Waals surface area contributed by atoms with Gasteiger partial charge in [-0.1, -0.05) is 13.0 Å². The van der Waals surface area contributed by atoms with Crippen LogP contribution in [-0.2, 0) is 19.4 Å². The van der Waals surface area contributed by atoms with Crippen LogP contribution in [0.4, 0.5) is 5.69 Å². The Hall–Kier alpha value is -1.52. The molecule has 0 spiro atoms. The molecule has 0 saturated carbocycles. The minimum atomic E-state index is 0. The Bertz CT molecular complexity index is 654. The van der Waals surface area contributed by atoms with Crippen LogP contribution in [0.1, 0.15) is 39.0 Å². The molecule has 1 aliphatic rings. The first-order chi connectivity index (χ1) is 10.3. The van der Waals surface area contributed by atoms with Gasteiger partial charge in [-0.2, -0.15) is 0 Å². The van der Waals surface area contributed by atoms with Gasteiger partial charge >= 0.3 is 0 Å². The fourth-order valence-electron chi connectivity index (χ4n) is 2.69. The normalized spacial score (nSPS) is 12.8. The Morgan fingerprint density at radius 1 is 1.27 bits per heavy atom. The number of rotatable bonds is 4. The number of anilines is 1. The van der Waals surface area contributed by atoms with E-state index in [-0.39, 0.29) is 18.3 Å². The zero-order valence-electron chi connectivity index (χ0n) is 12.6. The van der Waals surface area contributed by atoms with Crippen LogP contribution in [0.25, 0.3) is 0 Å². The zero-order chi connectivity index (χ0) is 14.7. The van der Waals surface area contributed by atoms with E-state index < -0.39 is 0 Å². The maximum absolute atomic E-state index is 12.4. The van der Waals surface area contributed by atoms with Gasteiger partial charge in [0.2, 0.25) is 0 Å². The average Bonchev–Trinajstić information content (AvgIpc) is 3.00. The second-order valence-electron chi connectivity index (χ2n) is 5.27. The standard InChI is InChI=1S/C17H20N2OS.ClH/c1-2-12-8-9-13(21-12)11-19-17(20)15-5-3-7-16-14(15)6-4-10-18-16;/h3,5,7-9,18H,2,4,6,10-11H2,1H3,(H,19,20);1H. The quantitative estimate of drug-likeness (QED) is 0.885. The van der Waals surface area contributed by atoms with Crippen molar-refractivity contribution >= 4 is 35.3 Å². The van der Waals surface area contributed by atoms with Crippen molar-refractivity contribution in [2.45, 2.75) is 32.7 Å². The van der Waals surface area contributed by atoms with Crippen molar-refractivity contribution in [1.29, 1.82) is 0 Å². The predicted molar refractivity (Wildman–Crippen MR) is 95.4 cm³/mol. The fraction of sp³-hybridized carbons (Fsp3) is 0.353. The minimum Gasteiger partial charge on any atom is -0.385 e. The molecule has 5 heteroatoms. The maximum Gasteiger partial charge on any atom is 0.251 e. The Morgan fingerprint density at radius 3 is 2.86 bits per heavy atom. The molecule has 0 bridgehead atoms. The summed E-state index contributed by atoms with van der Waals surface area (Å²) in [7, 11) is 0. The lowest BCUT2D eigenvalue weighted by Crippen LogP contribution is -2.25. The van der Waals surface area contributed by atoms with Crippen molar-refractivity contribution in [3.8, 4) is 0 Å². The van der Waals surface area contributed by atoms with Crippen molar-refractivity contribution < 1.29 is 4.79 Å². The number of aryl methyl sites for hydroxylation is 1. The molecule has 0 fully saturated rings. The molecule has 0 aliphatic carbocycles. The molecule has 1 aromatic carbocycles. The maximum atomic E-state index is 12.4. The number of amides is 1. The second kappa shape index (κ2) is 7.65. The first-order valence-corrected chi connectivity index (χ1v) is 8.31. The molecule has 1 amide bonds. The van der Waals surface area contributed by atoms with Crippen molar-refractivity contribution in [2.24, 2.45) is 0 Å². The van der Waals surface area contributed by atoms with Crippen LogP contribution in [-0.4, -0.2) is 12.5 Å². The SMILES string of the molecule is CCc1ccc(CNC(=O)c2cccc3c2CCCN3)s1.Cl. The summed E-state index contributed by atoms with van der Waals surface area (Å²) in [6.45, 7) is 3.76. The smallest absolute Gasteiger partial charge is 0.251 e. The molecule has 0 radical (unpaired) electrons. The minimum absolute atomic E-state index is 0. The van der Waals surface area contributed by atoms with E-state index in [4.69, 9.17) is 0 Å². The highest BCUT2D eigenvalue weighted by Gasteiger charge is 2.17. The summed E-state index contributed by atoms with van der Waals surface area (Å²) in [5.41, 5.74) is 3.08. The Kier molecular flexibility index (Phi) is 5.86.